The summed E-state index contributed by atoms with van der Waals surface area (Å²) in [6.07, 6.45) is 7.26. The molecule has 1 N–H and O–H groups in total. The molecule has 0 amide bonds. The van der Waals surface area contributed by atoms with E-state index < -0.39 is 0 Å². The summed E-state index contributed by atoms with van der Waals surface area (Å²) in [7, 11) is 1.36. The second-order valence-electron chi connectivity index (χ2n) is 4.02. The van der Waals surface area contributed by atoms with Crippen molar-refractivity contribution in [1.29, 1.82) is 0 Å². The summed E-state index contributed by atoms with van der Waals surface area (Å²) in [6.45, 7) is 1.63. The van der Waals surface area contributed by atoms with E-state index in [2.05, 4.69) is 16.3 Å². The molecule has 1 aromatic rings. The molecule has 1 aromatic heterocycles. The van der Waals surface area contributed by atoms with Gasteiger partial charge in [0, 0.05) is 0 Å². The molecule has 0 unspecified atom stereocenters. The zero-order valence-corrected chi connectivity index (χ0v) is 11.8. The van der Waals surface area contributed by atoms with Crippen LogP contribution >= 0.6 is 11.8 Å². The number of ether oxygens (including phenoxy) is 1. The maximum atomic E-state index is 11.2. The molecule has 1 rings (SSSR count). The molecule has 0 aliphatic heterocycles. The first-order valence-electron chi connectivity index (χ1n) is 6.13. The summed E-state index contributed by atoms with van der Waals surface area (Å²) in [4.78, 5) is 11.2. The molecule has 0 saturated carbocycles. The van der Waals surface area contributed by atoms with Crippen molar-refractivity contribution in [2.75, 3.05) is 25.7 Å². The van der Waals surface area contributed by atoms with Crippen LogP contribution in [0.5, 0.6) is 0 Å². The van der Waals surface area contributed by atoms with E-state index in [0.29, 0.717) is 12.1 Å². The van der Waals surface area contributed by atoms with Crippen LogP contribution in [0.25, 0.3) is 0 Å². The van der Waals surface area contributed by atoms with Crippen LogP contribution in [-0.2, 0) is 11.3 Å². The highest BCUT2D eigenvalue weighted by molar-refractivity contribution is 7.98. The van der Waals surface area contributed by atoms with Crippen LogP contribution in [0, 0.1) is 0 Å². The van der Waals surface area contributed by atoms with Crippen molar-refractivity contribution in [3.05, 3.63) is 23.7 Å². The second kappa shape index (κ2) is 9.05. The zero-order chi connectivity index (χ0) is 13.2. The van der Waals surface area contributed by atoms with E-state index in [1.54, 1.807) is 6.07 Å². The normalized spacial score (nSPS) is 10.6. The molecule has 18 heavy (non-hydrogen) atoms. The molecule has 0 fully saturated rings. The maximum absolute atomic E-state index is 11.2. The quantitative estimate of drug-likeness (QED) is 0.553. The van der Waals surface area contributed by atoms with Gasteiger partial charge in [-0.3, -0.25) is 0 Å². The average Bonchev–Trinajstić information content (AvgIpc) is 2.85. The first kappa shape index (κ1) is 15.1. The molecular weight excluding hydrogens is 250 g/mol. The number of carbonyl (C=O) groups excluding carboxylic acids is 1. The summed E-state index contributed by atoms with van der Waals surface area (Å²) in [5.41, 5.74) is 0.467. The summed E-state index contributed by atoms with van der Waals surface area (Å²) in [6, 6.07) is 1.71. The fourth-order valence-corrected chi connectivity index (χ4v) is 2.08. The number of esters is 1. The summed E-state index contributed by atoms with van der Waals surface area (Å²) < 4.78 is 9.87. The third-order valence-corrected chi connectivity index (χ3v) is 3.27. The molecule has 1 heterocycles. The fraction of sp³-hybridized carbons (Fsp3) is 0.615. The molecule has 4 nitrogen and oxygen atoms in total. The lowest BCUT2D eigenvalue weighted by atomic mass is 10.2. The standard InChI is InChI=1S/C13H21NO3S/c1-16-13(15)11-8-12(17-10-11)9-14-6-4-3-5-7-18-2/h8,10,14H,3-7,9H2,1-2H3. The van der Waals surface area contributed by atoms with Gasteiger partial charge >= 0.3 is 5.97 Å². The smallest absolute Gasteiger partial charge is 0.341 e. The lowest BCUT2D eigenvalue weighted by Gasteiger charge is -2.02. The van der Waals surface area contributed by atoms with Crippen LogP contribution in [0.15, 0.2) is 16.7 Å². The average molecular weight is 271 g/mol. The van der Waals surface area contributed by atoms with Crippen molar-refractivity contribution in [2.45, 2.75) is 25.8 Å². The molecule has 0 aliphatic carbocycles. The van der Waals surface area contributed by atoms with Gasteiger partial charge in [-0.25, -0.2) is 4.79 Å². The second-order valence-corrected chi connectivity index (χ2v) is 5.01. The highest BCUT2D eigenvalue weighted by Gasteiger charge is 2.09. The lowest BCUT2D eigenvalue weighted by molar-refractivity contribution is 0.0600. The van der Waals surface area contributed by atoms with E-state index in [-0.39, 0.29) is 5.97 Å². The van der Waals surface area contributed by atoms with E-state index in [1.165, 1.54) is 38.4 Å². The number of methoxy groups -OCH3 is 1. The van der Waals surface area contributed by atoms with Crippen LogP contribution < -0.4 is 5.32 Å². The van der Waals surface area contributed by atoms with Gasteiger partial charge in [-0.15, -0.1) is 0 Å². The molecule has 0 spiro atoms. The van der Waals surface area contributed by atoms with Gasteiger partial charge in [-0.05, 0) is 37.5 Å². The minimum absolute atomic E-state index is 0.359. The molecule has 0 aliphatic rings. The Morgan fingerprint density at radius 1 is 1.44 bits per heavy atom. The molecule has 0 bridgehead atoms. The van der Waals surface area contributed by atoms with Crippen molar-refractivity contribution in [2.24, 2.45) is 0 Å². The molecule has 5 heteroatoms. The largest absolute Gasteiger partial charge is 0.467 e. The number of hydrogen-bond acceptors (Lipinski definition) is 5. The molecule has 0 saturated heterocycles. The molecule has 102 valence electrons. The van der Waals surface area contributed by atoms with Crippen LogP contribution in [0.1, 0.15) is 35.4 Å². The maximum Gasteiger partial charge on any atom is 0.341 e. The monoisotopic (exact) mass is 271 g/mol. The van der Waals surface area contributed by atoms with Gasteiger partial charge in [0.1, 0.15) is 12.0 Å². The van der Waals surface area contributed by atoms with Crippen LogP contribution in [-0.4, -0.2) is 31.6 Å². The predicted molar refractivity (Wildman–Crippen MR) is 74.0 cm³/mol. The number of unbranched alkanes of at least 4 members (excludes halogenated alkanes) is 2. The Bertz CT molecular complexity index is 352. The van der Waals surface area contributed by atoms with Gasteiger partial charge in [0.15, 0.2) is 0 Å². The van der Waals surface area contributed by atoms with E-state index in [9.17, 15) is 4.79 Å². The van der Waals surface area contributed by atoms with Gasteiger partial charge in [0.2, 0.25) is 0 Å². The Morgan fingerprint density at radius 2 is 2.28 bits per heavy atom. The highest BCUT2D eigenvalue weighted by atomic mass is 32.2. The first-order valence-corrected chi connectivity index (χ1v) is 7.52. The summed E-state index contributed by atoms with van der Waals surface area (Å²) in [5, 5.41) is 3.30. The van der Waals surface area contributed by atoms with Crippen molar-refractivity contribution in [3.63, 3.8) is 0 Å². The SMILES string of the molecule is COC(=O)c1coc(CNCCCCCSC)c1. The van der Waals surface area contributed by atoms with Crippen molar-refractivity contribution >= 4 is 17.7 Å². The van der Waals surface area contributed by atoms with Gasteiger partial charge in [0.25, 0.3) is 0 Å². The van der Waals surface area contributed by atoms with E-state index in [4.69, 9.17) is 4.42 Å². The Labute approximate surface area is 112 Å². The van der Waals surface area contributed by atoms with Crippen molar-refractivity contribution in [1.82, 2.24) is 5.32 Å². The number of nitrogens with one attached hydrogen (secondary N) is 1. The third-order valence-electron chi connectivity index (χ3n) is 2.58. The topological polar surface area (TPSA) is 51.5 Å². The highest BCUT2D eigenvalue weighted by Crippen LogP contribution is 2.08. The minimum Gasteiger partial charge on any atom is -0.467 e. The lowest BCUT2D eigenvalue weighted by Crippen LogP contribution is -2.14. The van der Waals surface area contributed by atoms with Crippen molar-refractivity contribution < 1.29 is 13.9 Å². The fourth-order valence-electron chi connectivity index (χ4n) is 1.58. The number of thioether (sulfide) groups is 1. The van der Waals surface area contributed by atoms with Crippen LogP contribution in [0.3, 0.4) is 0 Å². The summed E-state index contributed by atoms with van der Waals surface area (Å²) >= 11 is 1.89. The van der Waals surface area contributed by atoms with Gasteiger partial charge in [-0.2, -0.15) is 11.8 Å². The van der Waals surface area contributed by atoms with Gasteiger partial charge < -0.3 is 14.5 Å². The molecular formula is C13H21NO3S. The summed E-state index contributed by atoms with van der Waals surface area (Å²) in [5.74, 6) is 1.64. The van der Waals surface area contributed by atoms with Crippen molar-refractivity contribution in [3.8, 4) is 0 Å². The number of hydrogen-bond donors (Lipinski definition) is 1. The molecule has 0 atom stereocenters. The van der Waals surface area contributed by atoms with E-state index in [0.717, 1.165) is 12.3 Å². The van der Waals surface area contributed by atoms with Crippen LogP contribution in [0.2, 0.25) is 0 Å². The Hall–Kier alpha value is -0.940. The van der Waals surface area contributed by atoms with Crippen LogP contribution in [0.4, 0.5) is 0 Å². The predicted octanol–water partition coefficient (Wildman–Crippen LogP) is 2.69. The Balaban J connectivity index is 2.12. The Morgan fingerprint density at radius 3 is 3.00 bits per heavy atom. The first-order chi connectivity index (χ1) is 8.77. The minimum atomic E-state index is -0.359. The molecule has 0 radical (unpaired) electrons. The zero-order valence-electron chi connectivity index (χ0n) is 11.0. The third kappa shape index (κ3) is 5.60. The van der Waals surface area contributed by atoms with E-state index >= 15 is 0 Å². The molecule has 0 aromatic carbocycles. The van der Waals surface area contributed by atoms with Gasteiger partial charge in [-0.1, -0.05) is 6.42 Å². The van der Waals surface area contributed by atoms with Gasteiger partial charge in [0.05, 0.1) is 19.2 Å². The number of rotatable bonds is 9. The Kier molecular flexibility index (Phi) is 7.60. The number of furan rings is 1. The van der Waals surface area contributed by atoms with E-state index in [1.807, 2.05) is 11.8 Å². The number of carbonyl (C=O) groups is 1.